The number of hydrogen-bond acceptors (Lipinski definition) is 4. The molecule has 1 aromatic rings. The highest BCUT2D eigenvalue weighted by Crippen LogP contribution is 2.27. The van der Waals surface area contributed by atoms with Crippen molar-refractivity contribution in [2.75, 3.05) is 19.8 Å². The zero-order valence-corrected chi connectivity index (χ0v) is 14.1. The van der Waals surface area contributed by atoms with E-state index >= 15 is 0 Å². The molecule has 0 radical (unpaired) electrons. The Morgan fingerprint density at radius 3 is 2.33 bits per heavy atom. The van der Waals surface area contributed by atoms with Gasteiger partial charge in [0.2, 0.25) is 0 Å². The van der Waals surface area contributed by atoms with Crippen molar-refractivity contribution in [3.05, 3.63) is 29.8 Å². The quantitative estimate of drug-likeness (QED) is 0.536. The molecule has 2 N–H and O–H groups in total. The second-order valence-corrected chi connectivity index (χ2v) is 5.61. The van der Waals surface area contributed by atoms with Crippen molar-refractivity contribution in [3.8, 4) is 5.75 Å². The summed E-state index contributed by atoms with van der Waals surface area (Å²) in [6, 6.07) is 7.84. The first-order valence-corrected chi connectivity index (χ1v) is 8.27. The van der Waals surface area contributed by atoms with E-state index in [1.807, 2.05) is 24.3 Å². The van der Waals surface area contributed by atoms with Gasteiger partial charge in [0.05, 0.1) is 6.61 Å². The maximum absolute atomic E-state index is 10.5. The third-order valence-corrected chi connectivity index (χ3v) is 3.76. The molecule has 0 aliphatic rings. The smallest absolute Gasteiger partial charge is 0.329 e. The van der Waals surface area contributed by atoms with Crippen molar-refractivity contribution in [1.82, 2.24) is 0 Å². The number of carbonyl (C=O) groups is 2. The third-order valence-electron chi connectivity index (χ3n) is 3.76. The molecule has 1 rings (SSSR count). The maximum atomic E-state index is 10.5. The number of carboxylic acids is 2. The van der Waals surface area contributed by atoms with Crippen LogP contribution in [0, 0.1) is 0 Å². The first-order valence-electron chi connectivity index (χ1n) is 8.27. The second-order valence-electron chi connectivity index (χ2n) is 5.61. The number of carboxylic acid groups (broad SMARTS) is 2. The molecule has 0 saturated carbocycles. The number of rotatable bonds is 13. The van der Waals surface area contributed by atoms with Gasteiger partial charge < -0.3 is 19.7 Å². The Kier molecular flexibility index (Phi) is 9.53. The summed E-state index contributed by atoms with van der Waals surface area (Å²) in [6.45, 7) is 2.35. The van der Waals surface area contributed by atoms with Crippen molar-refractivity contribution < 1.29 is 29.3 Å². The molecule has 1 aromatic carbocycles. The van der Waals surface area contributed by atoms with Gasteiger partial charge in [-0.1, -0.05) is 25.5 Å². The van der Waals surface area contributed by atoms with E-state index in [2.05, 4.69) is 6.92 Å². The molecule has 1 unspecified atom stereocenters. The van der Waals surface area contributed by atoms with Crippen LogP contribution in [-0.2, 0) is 14.3 Å². The van der Waals surface area contributed by atoms with Gasteiger partial charge in [0, 0.05) is 6.42 Å². The van der Waals surface area contributed by atoms with Crippen LogP contribution in [0.5, 0.6) is 5.75 Å². The lowest BCUT2D eigenvalue weighted by molar-refractivity contribution is -0.142. The normalized spacial score (nSPS) is 11.9. The minimum absolute atomic E-state index is 0.229. The highest BCUT2D eigenvalue weighted by atomic mass is 16.5. The fourth-order valence-corrected chi connectivity index (χ4v) is 2.49. The molecule has 0 aromatic heterocycles. The molecule has 0 heterocycles. The molecule has 134 valence electrons. The van der Waals surface area contributed by atoms with E-state index in [-0.39, 0.29) is 19.6 Å². The zero-order valence-electron chi connectivity index (χ0n) is 14.1. The van der Waals surface area contributed by atoms with Crippen LogP contribution in [0.4, 0.5) is 0 Å². The summed E-state index contributed by atoms with van der Waals surface area (Å²) in [7, 11) is 0. The van der Waals surface area contributed by atoms with Crippen LogP contribution >= 0.6 is 0 Å². The average molecular weight is 338 g/mol. The predicted octanol–water partition coefficient (Wildman–Crippen LogP) is 3.31. The highest BCUT2D eigenvalue weighted by Gasteiger charge is 2.10. The summed E-state index contributed by atoms with van der Waals surface area (Å²) >= 11 is 0. The van der Waals surface area contributed by atoms with Crippen molar-refractivity contribution in [2.45, 2.75) is 44.9 Å². The molecule has 24 heavy (non-hydrogen) atoms. The van der Waals surface area contributed by atoms with Crippen molar-refractivity contribution in [3.63, 3.8) is 0 Å². The lowest BCUT2D eigenvalue weighted by atomic mass is 9.91. The summed E-state index contributed by atoms with van der Waals surface area (Å²) < 4.78 is 10.4. The maximum Gasteiger partial charge on any atom is 0.329 e. The molecule has 0 bridgehead atoms. The standard InChI is InChI=1S/C18H26O6/c1-2-14(5-3-4-6-17(19)20)15-7-9-16(10-8-15)24-12-11-23-13-18(21)22/h7-10,14H,2-6,11-13H2,1H3,(H,19,20)(H,21,22). The highest BCUT2D eigenvalue weighted by molar-refractivity contribution is 5.68. The Morgan fingerprint density at radius 2 is 1.75 bits per heavy atom. The molecule has 1 atom stereocenters. The minimum atomic E-state index is -0.992. The first-order chi connectivity index (χ1) is 11.5. The molecule has 0 amide bonds. The molecule has 6 nitrogen and oxygen atoms in total. The van der Waals surface area contributed by atoms with Crippen LogP contribution in [0.15, 0.2) is 24.3 Å². The van der Waals surface area contributed by atoms with E-state index < -0.39 is 11.9 Å². The summed E-state index contributed by atoms with van der Waals surface area (Å²) in [4.78, 5) is 20.8. The number of unbranched alkanes of at least 4 members (excludes halogenated alkanes) is 1. The van der Waals surface area contributed by atoms with Gasteiger partial charge in [0.1, 0.15) is 19.0 Å². The number of benzene rings is 1. The van der Waals surface area contributed by atoms with Crippen molar-refractivity contribution in [2.24, 2.45) is 0 Å². The Labute approximate surface area is 142 Å². The van der Waals surface area contributed by atoms with E-state index in [0.29, 0.717) is 18.9 Å². The minimum Gasteiger partial charge on any atom is -0.491 e. The Hall–Kier alpha value is -2.08. The van der Waals surface area contributed by atoms with Gasteiger partial charge in [-0.15, -0.1) is 0 Å². The topological polar surface area (TPSA) is 93.1 Å². The zero-order chi connectivity index (χ0) is 17.8. The Bertz CT molecular complexity index is 497. The van der Waals surface area contributed by atoms with Crippen LogP contribution in [-0.4, -0.2) is 42.0 Å². The van der Waals surface area contributed by atoms with Crippen LogP contribution in [0.3, 0.4) is 0 Å². The van der Waals surface area contributed by atoms with E-state index in [1.54, 1.807) is 0 Å². The number of ether oxygens (including phenoxy) is 2. The molecular formula is C18H26O6. The van der Waals surface area contributed by atoms with Crippen LogP contribution < -0.4 is 4.74 Å². The van der Waals surface area contributed by atoms with Crippen molar-refractivity contribution >= 4 is 11.9 Å². The Morgan fingerprint density at radius 1 is 1.04 bits per heavy atom. The third kappa shape index (κ3) is 8.53. The van der Waals surface area contributed by atoms with Crippen LogP contribution in [0.2, 0.25) is 0 Å². The molecule has 0 aliphatic heterocycles. The van der Waals surface area contributed by atoms with Gasteiger partial charge in [0.15, 0.2) is 0 Å². The summed E-state index contributed by atoms with van der Waals surface area (Å²) in [5, 5.41) is 17.1. The summed E-state index contributed by atoms with van der Waals surface area (Å²) in [6.07, 6.45) is 3.84. The lowest BCUT2D eigenvalue weighted by Gasteiger charge is -2.16. The number of hydrogen-bond donors (Lipinski definition) is 2. The summed E-state index contributed by atoms with van der Waals surface area (Å²) in [5.74, 6) is -0.588. The van der Waals surface area contributed by atoms with Gasteiger partial charge in [-0.25, -0.2) is 4.79 Å². The van der Waals surface area contributed by atoms with E-state index in [0.717, 1.165) is 25.0 Å². The number of aliphatic carboxylic acids is 2. The summed E-state index contributed by atoms with van der Waals surface area (Å²) in [5.41, 5.74) is 1.22. The van der Waals surface area contributed by atoms with Crippen LogP contribution in [0.25, 0.3) is 0 Å². The average Bonchev–Trinajstić information content (AvgIpc) is 2.55. The Balaban J connectivity index is 2.35. The van der Waals surface area contributed by atoms with E-state index in [1.165, 1.54) is 5.56 Å². The lowest BCUT2D eigenvalue weighted by Crippen LogP contribution is -2.12. The van der Waals surface area contributed by atoms with Gasteiger partial charge >= 0.3 is 11.9 Å². The van der Waals surface area contributed by atoms with Gasteiger partial charge in [-0.2, -0.15) is 0 Å². The SMILES string of the molecule is CCC(CCCCC(=O)O)c1ccc(OCCOCC(=O)O)cc1. The predicted molar refractivity (Wildman–Crippen MR) is 89.5 cm³/mol. The molecule has 6 heteroatoms. The molecular weight excluding hydrogens is 312 g/mol. The molecule has 0 saturated heterocycles. The van der Waals surface area contributed by atoms with Gasteiger partial charge in [-0.05, 0) is 42.9 Å². The van der Waals surface area contributed by atoms with Crippen LogP contribution in [0.1, 0.15) is 50.5 Å². The monoisotopic (exact) mass is 338 g/mol. The first kappa shape index (κ1) is 20.0. The molecule has 0 aliphatic carbocycles. The second kappa shape index (κ2) is 11.5. The fraction of sp³-hybridized carbons (Fsp3) is 0.556. The van der Waals surface area contributed by atoms with E-state index in [4.69, 9.17) is 19.7 Å². The van der Waals surface area contributed by atoms with Gasteiger partial charge in [0.25, 0.3) is 0 Å². The largest absolute Gasteiger partial charge is 0.491 e. The van der Waals surface area contributed by atoms with Crippen molar-refractivity contribution in [1.29, 1.82) is 0 Å². The van der Waals surface area contributed by atoms with Gasteiger partial charge in [-0.3, -0.25) is 4.79 Å². The fourth-order valence-electron chi connectivity index (χ4n) is 2.49. The van der Waals surface area contributed by atoms with E-state index in [9.17, 15) is 9.59 Å². The molecule has 0 spiro atoms. The molecule has 0 fully saturated rings.